The lowest BCUT2D eigenvalue weighted by Crippen LogP contribution is -2.29. The van der Waals surface area contributed by atoms with Crippen LogP contribution in [0.1, 0.15) is 29.2 Å². The molecule has 0 aliphatic carbocycles. The fraction of sp³-hybridized carbons (Fsp3) is 0.300. The molecule has 33 heavy (non-hydrogen) atoms. The first kappa shape index (κ1) is 27.1. The molecule has 0 aliphatic heterocycles. The van der Waals surface area contributed by atoms with Gasteiger partial charge in [0.2, 0.25) is 17.7 Å². The zero-order valence-corrected chi connectivity index (χ0v) is 22.1. The normalized spacial score (nSPS) is 10.2. The minimum Gasteiger partial charge on any atom is -0.481 e. The first-order valence-corrected chi connectivity index (χ1v) is 12.3. The molecule has 0 bridgehead atoms. The Labute approximate surface area is 214 Å². The SMILES string of the molecule is CC(=O)NCc1c(C)csc1Cl.COc1cc(Cl)nc(NC(=O)NCc2c(C)csc2Cl)n1. The van der Waals surface area contributed by atoms with Crippen molar-refractivity contribution in [2.24, 2.45) is 0 Å². The zero-order valence-electron chi connectivity index (χ0n) is 18.2. The number of hydrogen-bond donors (Lipinski definition) is 3. The van der Waals surface area contributed by atoms with Gasteiger partial charge in [0, 0.05) is 37.2 Å². The predicted octanol–water partition coefficient (Wildman–Crippen LogP) is 5.83. The Morgan fingerprint density at radius 1 is 0.970 bits per heavy atom. The number of methoxy groups -OCH3 is 1. The fourth-order valence-electron chi connectivity index (χ4n) is 2.38. The van der Waals surface area contributed by atoms with Crippen molar-refractivity contribution in [3.63, 3.8) is 0 Å². The van der Waals surface area contributed by atoms with Crippen LogP contribution in [-0.4, -0.2) is 29.0 Å². The molecular weight excluding hydrogens is 529 g/mol. The lowest BCUT2D eigenvalue weighted by atomic mass is 10.2. The number of urea groups is 1. The summed E-state index contributed by atoms with van der Waals surface area (Å²) in [5.74, 6) is 0.295. The number of thiophene rings is 2. The van der Waals surface area contributed by atoms with E-state index in [9.17, 15) is 9.59 Å². The number of carbonyl (C=O) groups is 2. The molecule has 3 aromatic heterocycles. The van der Waals surface area contributed by atoms with Gasteiger partial charge in [-0.25, -0.2) is 9.78 Å². The Morgan fingerprint density at radius 3 is 1.97 bits per heavy atom. The van der Waals surface area contributed by atoms with Gasteiger partial charge in [0.05, 0.1) is 15.8 Å². The zero-order chi connectivity index (χ0) is 24.5. The lowest BCUT2D eigenvalue weighted by Gasteiger charge is -2.08. The maximum Gasteiger partial charge on any atom is 0.321 e. The van der Waals surface area contributed by atoms with Gasteiger partial charge in [0.15, 0.2) is 0 Å². The Hall–Kier alpha value is -2.11. The summed E-state index contributed by atoms with van der Waals surface area (Å²) in [5.41, 5.74) is 4.09. The summed E-state index contributed by atoms with van der Waals surface area (Å²) in [5, 5.41) is 12.0. The molecule has 13 heteroatoms. The van der Waals surface area contributed by atoms with Gasteiger partial charge in [0.1, 0.15) is 5.15 Å². The van der Waals surface area contributed by atoms with E-state index in [-0.39, 0.29) is 22.9 Å². The maximum atomic E-state index is 11.8. The van der Waals surface area contributed by atoms with Gasteiger partial charge in [-0.1, -0.05) is 34.8 Å². The van der Waals surface area contributed by atoms with Gasteiger partial charge in [0.25, 0.3) is 0 Å². The van der Waals surface area contributed by atoms with Gasteiger partial charge >= 0.3 is 6.03 Å². The van der Waals surface area contributed by atoms with E-state index in [1.54, 1.807) is 0 Å². The van der Waals surface area contributed by atoms with E-state index in [0.29, 0.717) is 17.4 Å². The number of nitrogens with zero attached hydrogens (tertiary/aromatic N) is 2. The van der Waals surface area contributed by atoms with Crippen molar-refractivity contribution in [2.45, 2.75) is 33.9 Å². The number of ether oxygens (including phenoxy) is 1. The highest BCUT2D eigenvalue weighted by Gasteiger charge is 2.11. The van der Waals surface area contributed by atoms with Gasteiger partial charge in [-0.15, -0.1) is 22.7 Å². The topological polar surface area (TPSA) is 105 Å². The summed E-state index contributed by atoms with van der Waals surface area (Å²) in [6.07, 6.45) is 0. The number of anilines is 1. The van der Waals surface area contributed by atoms with Crippen LogP contribution >= 0.6 is 57.5 Å². The van der Waals surface area contributed by atoms with Gasteiger partial charge < -0.3 is 15.4 Å². The Morgan fingerprint density at radius 2 is 1.52 bits per heavy atom. The molecule has 0 saturated heterocycles. The van der Waals surface area contributed by atoms with Crippen LogP contribution in [0.5, 0.6) is 5.88 Å². The van der Waals surface area contributed by atoms with Gasteiger partial charge in [-0.05, 0) is 35.7 Å². The Bertz CT molecular complexity index is 1080. The van der Waals surface area contributed by atoms with Gasteiger partial charge in [-0.2, -0.15) is 4.98 Å². The maximum absolute atomic E-state index is 11.8. The molecule has 3 rings (SSSR count). The quantitative estimate of drug-likeness (QED) is 0.335. The third kappa shape index (κ3) is 8.63. The molecule has 0 aromatic carbocycles. The van der Waals surface area contributed by atoms with E-state index >= 15 is 0 Å². The van der Waals surface area contributed by atoms with Crippen LogP contribution in [0.2, 0.25) is 13.8 Å². The summed E-state index contributed by atoms with van der Waals surface area (Å²) < 4.78 is 6.37. The molecule has 3 heterocycles. The minimum atomic E-state index is -0.457. The summed E-state index contributed by atoms with van der Waals surface area (Å²) in [7, 11) is 1.45. The fourth-order valence-corrected chi connectivity index (χ4v) is 4.85. The van der Waals surface area contributed by atoms with Crippen molar-refractivity contribution >= 4 is 75.4 Å². The average Bonchev–Trinajstić information content (AvgIpc) is 3.25. The summed E-state index contributed by atoms with van der Waals surface area (Å²) in [6.45, 7) is 6.26. The van der Waals surface area contributed by atoms with E-state index in [1.165, 1.54) is 42.8 Å². The third-order valence-electron chi connectivity index (χ3n) is 4.15. The molecule has 8 nitrogen and oxygen atoms in total. The molecule has 178 valence electrons. The van der Waals surface area contributed by atoms with Crippen molar-refractivity contribution < 1.29 is 14.3 Å². The van der Waals surface area contributed by atoms with Crippen LogP contribution < -0.4 is 20.7 Å². The molecular formula is C20H22Cl3N5O3S2. The van der Waals surface area contributed by atoms with E-state index in [1.807, 2.05) is 24.6 Å². The van der Waals surface area contributed by atoms with E-state index in [0.717, 1.165) is 26.6 Å². The number of aromatic nitrogens is 2. The van der Waals surface area contributed by atoms with E-state index < -0.39 is 6.03 Å². The highest BCUT2D eigenvalue weighted by molar-refractivity contribution is 7.15. The standard InChI is InChI=1S/C12H12Cl2N4O2S.C8H10ClNOS/c1-6-5-21-10(14)7(6)4-15-12(19)18-11-16-8(13)3-9(17-11)20-2;1-5-4-12-8(9)7(5)3-10-6(2)11/h3,5H,4H2,1-2H3,(H2,15,16,17,18,19);4H,3H2,1-2H3,(H,10,11). The first-order valence-electron chi connectivity index (χ1n) is 9.43. The molecule has 0 aliphatic rings. The molecule has 0 radical (unpaired) electrons. The molecule has 0 fully saturated rings. The Kier molecular flexibility index (Phi) is 10.6. The second-order valence-corrected chi connectivity index (χ2v) is 9.97. The van der Waals surface area contributed by atoms with Crippen molar-refractivity contribution in [2.75, 3.05) is 12.4 Å². The monoisotopic (exact) mass is 549 g/mol. The number of amides is 3. The Balaban J connectivity index is 0.000000273. The van der Waals surface area contributed by atoms with Crippen LogP contribution in [0.3, 0.4) is 0 Å². The highest BCUT2D eigenvalue weighted by atomic mass is 35.5. The van der Waals surface area contributed by atoms with Crippen LogP contribution in [0.25, 0.3) is 0 Å². The molecule has 0 spiro atoms. The number of carbonyl (C=O) groups excluding carboxylic acids is 2. The summed E-state index contributed by atoms with van der Waals surface area (Å²) in [6, 6.07) is 0.986. The van der Waals surface area contributed by atoms with E-state index in [2.05, 4.69) is 25.9 Å². The molecule has 0 atom stereocenters. The first-order chi connectivity index (χ1) is 15.6. The lowest BCUT2D eigenvalue weighted by molar-refractivity contribution is -0.119. The van der Waals surface area contributed by atoms with Gasteiger partial charge in [-0.3, -0.25) is 10.1 Å². The molecule has 0 saturated carbocycles. The van der Waals surface area contributed by atoms with Crippen LogP contribution in [-0.2, 0) is 17.9 Å². The largest absolute Gasteiger partial charge is 0.481 e. The van der Waals surface area contributed by atoms with Crippen LogP contribution in [0.15, 0.2) is 16.8 Å². The summed E-state index contributed by atoms with van der Waals surface area (Å²) in [4.78, 5) is 30.3. The highest BCUT2D eigenvalue weighted by Crippen LogP contribution is 2.27. The van der Waals surface area contributed by atoms with Crippen molar-refractivity contribution in [3.05, 3.63) is 52.9 Å². The van der Waals surface area contributed by atoms with Crippen molar-refractivity contribution in [3.8, 4) is 5.88 Å². The van der Waals surface area contributed by atoms with Crippen molar-refractivity contribution in [1.82, 2.24) is 20.6 Å². The number of nitrogens with one attached hydrogen (secondary N) is 3. The number of hydrogen-bond acceptors (Lipinski definition) is 7. The van der Waals surface area contributed by atoms with Crippen LogP contribution in [0.4, 0.5) is 10.7 Å². The molecule has 3 aromatic rings. The van der Waals surface area contributed by atoms with Crippen molar-refractivity contribution in [1.29, 1.82) is 0 Å². The smallest absolute Gasteiger partial charge is 0.321 e. The molecule has 3 N–H and O–H groups in total. The number of rotatable bonds is 6. The third-order valence-corrected chi connectivity index (χ3v) is 7.18. The molecule has 3 amide bonds. The predicted molar refractivity (Wildman–Crippen MR) is 135 cm³/mol. The van der Waals surface area contributed by atoms with Crippen LogP contribution in [0, 0.1) is 13.8 Å². The second kappa shape index (κ2) is 13.0. The minimum absolute atomic E-state index is 0.0309. The second-order valence-electron chi connectivity index (χ2n) is 6.62. The van der Waals surface area contributed by atoms with E-state index in [4.69, 9.17) is 39.5 Å². The molecule has 0 unspecified atom stereocenters. The average molecular weight is 551 g/mol. The number of halogens is 3. The number of aryl methyl sites for hydroxylation is 2. The summed E-state index contributed by atoms with van der Waals surface area (Å²) >= 11 is 20.7.